The lowest BCUT2D eigenvalue weighted by Gasteiger charge is -2.10. The zero-order valence-electron chi connectivity index (χ0n) is 15.0. The Morgan fingerprint density at radius 1 is 1.08 bits per heavy atom. The number of nitrogens with one attached hydrogen (secondary N) is 1. The summed E-state index contributed by atoms with van der Waals surface area (Å²) in [5, 5.41) is 3.07. The molecule has 0 aliphatic heterocycles. The number of halogens is 1. The van der Waals surface area contributed by atoms with Gasteiger partial charge in [-0.1, -0.05) is 26.0 Å². The van der Waals surface area contributed by atoms with E-state index in [2.05, 4.69) is 5.32 Å². The number of ketones is 1. The van der Waals surface area contributed by atoms with Gasteiger partial charge in [0.2, 0.25) is 0 Å². The maximum Gasteiger partial charge on any atom is 0.183 e. The summed E-state index contributed by atoms with van der Waals surface area (Å²) in [6.07, 6.45) is 0.230. The molecule has 0 saturated carbocycles. The maximum atomic E-state index is 11.6. The van der Waals surface area contributed by atoms with Crippen molar-refractivity contribution in [1.82, 2.24) is 5.32 Å². The largest absolute Gasteiger partial charge is 0.486 e. The molecule has 0 aliphatic carbocycles. The van der Waals surface area contributed by atoms with E-state index in [-0.39, 0.29) is 30.9 Å². The molecule has 1 aromatic carbocycles. The van der Waals surface area contributed by atoms with Gasteiger partial charge in [-0.3, -0.25) is 4.79 Å². The Morgan fingerprint density at radius 2 is 1.75 bits per heavy atom. The Labute approximate surface area is 151 Å². The highest BCUT2D eigenvalue weighted by molar-refractivity contribution is 5.85. The molecule has 0 aliphatic rings. The molecular weight excluding hydrogens is 330 g/mol. The summed E-state index contributed by atoms with van der Waals surface area (Å²) < 4.78 is 16.4. The van der Waals surface area contributed by atoms with Crippen LogP contribution in [0.5, 0.6) is 5.75 Å². The monoisotopic (exact) mass is 359 g/mol. The van der Waals surface area contributed by atoms with E-state index in [1.165, 1.54) is 0 Å². The summed E-state index contributed by atoms with van der Waals surface area (Å²) in [6.45, 7) is 10.2. The number of benzene rings is 1. The Kier molecular flexibility index (Phi) is 12.6. The lowest BCUT2D eigenvalue weighted by atomic mass is 10.2. The number of rotatable bonds is 12. The summed E-state index contributed by atoms with van der Waals surface area (Å²) in [7, 11) is 0. The SMILES string of the molecule is CC(C)NCC(=O)COc1ccc(COCCOC(C)C)cc1.Cl. The summed E-state index contributed by atoms with van der Waals surface area (Å²) >= 11 is 0. The van der Waals surface area contributed by atoms with Gasteiger partial charge in [-0.15, -0.1) is 12.4 Å². The van der Waals surface area contributed by atoms with Crippen LogP contribution in [-0.2, 0) is 20.9 Å². The minimum Gasteiger partial charge on any atom is -0.486 e. The summed E-state index contributed by atoms with van der Waals surface area (Å²) in [5.41, 5.74) is 1.06. The smallest absolute Gasteiger partial charge is 0.183 e. The van der Waals surface area contributed by atoms with Crippen LogP contribution < -0.4 is 10.1 Å². The van der Waals surface area contributed by atoms with Crippen molar-refractivity contribution in [3.05, 3.63) is 29.8 Å². The van der Waals surface area contributed by atoms with Crippen molar-refractivity contribution < 1.29 is 19.0 Å². The first-order valence-electron chi connectivity index (χ1n) is 8.13. The van der Waals surface area contributed by atoms with Gasteiger partial charge in [0.05, 0.1) is 32.5 Å². The van der Waals surface area contributed by atoms with Crippen molar-refractivity contribution in [2.45, 2.75) is 46.4 Å². The van der Waals surface area contributed by atoms with Crippen molar-refractivity contribution in [2.75, 3.05) is 26.4 Å². The van der Waals surface area contributed by atoms with Gasteiger partial charge in [-0.2, -0.15) is 0 Å². The quantitative estimate of drug-likeness (QED) is 0.581. The van der Waals surface area contributed by atoms with Crippen molar-refractivity contribution in [1.29, 1.82) is 0 Å². The number of carbonyl (C=O) groups is 1. The first-order valence-corrected chi connectivity index (χ1v) is 8.13. The fraction of sp³-hybridized carbons (Fsp3) is 0.611. The second-order valence-electron chi connectivity index (χ2n) is 5.98. The number of carbonyl (C=O) groups excluding carboxylic acids is 1. The molecule has 0 radical (unpaired) electrons. The minimum absolute atomic E-state index is 0. The molecule has 138 valence electrons. The molecule has 24 heavy (non-hydrogen) atoms. The van der Waals surface area contributed by atoms with Crippen molar-refractivity contribution in [3.8, 4) is 5.75 Å². The summed E-state index contributed by atoms with van der Waals surface area (Å²) in [6, 6.07) is 7.88. The van der Waals surface area contributed by atoms with Crippen LogP contribution >= 0.6 is 12.4 Å². The molecular formula is C18H30ClNO4. The average molecular weight is 360 g/mol. The Bertz CT molecular complexity index is 449. The van der Waals surface area contributed by atoms with Gasteiger partial charge in [0.15, 0.2) is 5.78 Å². The predicted octanol–water partition coefficient (Wildman–Crippen LogP) is 3.00. The fourth-order valence-electron chi connectivity index (χ4n) is 1.75. The number of ether oxygens (including phenoxy) is 3. The van der Waals surface area contributed by atoms with Crippen LogP contribution in [0.25, 0.3) is 0 Å². The summed E-state index contributed by atoms with van der Waals surface area (Å²) in [4.78, 5) is 11.6. The predicted molar refractivity (Wildman–Crippen MR) is 98.1 cm³/mol. The average Bonchev–Trinajstić information content (AvgIpc) is 2.51. The molecule has 0 unspecified atom stereocenters. The van der Waals surface area contributed by atoms with Crippen LogP contribution in [0.3, 0.4) is 0 Å². The van der Waals surface area contributed by atoms with Gasteiger partial charge < -0.3 is 19.5 Å². The van der Waals surface area contributed by atoms with Crippen LogP contribution in [0.2, 0.25) is 0 Å². The van der Waals surface area contributed by atoms with Crippen LogP contribution in [0.4, 0.5) is 0 Å². The highest BCUT2D eigenvalue weighted by Gasteiger charge is 2.04. The standard InChI is InChI=1S/C18H29NO4.ClH/c1-14(2)19-11-17(20)13-23-18-7-5-16(6-8-18)12-21-9-10-22-15(3)4;/h5-8,14-15,19H,9-13H2,1-4H3;1H. The zero-order valence-corrected chi connectivity index (χ0v) is 15.9. The number of hydrogen-bond donors (Lipinski definition) is 1. The molecule has 1 rings (SSSR count). The van der Waals surface area contributed by atoms with Gasteiger partial charge in [-0.25, -0.2) is 0 Å². The lowest BCUT2D eigenvalue weighted by molar-refractivity contribution is -0.120. The highest BCUT2D eigenvalue weighted by Crippen LogP contribution is 2.12. The molecule has 6 heteroatoms. The third-order valence-corrected chi connectivity index (χ3v) is 2.98. The van der Waals surface area contributed by atoms with Gasteiger partial charge in [0.25, 0.3) is 0 Å². The molecule has 1 aromatic rings. The molecule has 0 fully saturated rings. The van der Waals surface area contributed by atoms with E-state index in [4.69, 9.17) is 14.2 Å². The Hall–Kier alpha value is -1.14. The molecule has 0 amide bonds. The molecule has 0 aromatic heterocycles. The lowest BCUT2D eigenvalue weighted by Crippen LogP contribution is -2.31. The second-order valence-corrected chi connectivity index (χ2v) is 5.98. The van der Waals surface area contributed by atoms with Crippen molar-refractivity contribution in [3.63, 3.8) is 0 Å². The van der Waals surface area contributed by atoms with E-state index in [9.17, 15) is 4.79 Å². The molecule has 1 N–H and O–H groups in total. The van der Waals surface area contributed by atoms with E-state index in [1.54, 1.807) is 0 Å². The van der Waals surface area contributed by atoms with Gasteiger partial charge in [0, 0.05) is 6.04 Å². The van der Waals surface area contributed by atoms with Crippen molar-refractivity contribution in [2.24, 2.45) is 0 Å². The third-order valence-electron chi connectivity index (χ3n) is 2.98. The topological polar surface area (TPSA) is 56.8 Å². The number of hydrogen-bond acceptors (Lipinski definition) is 5. The molecule has 0 spiro atoms. The zero-order chi connectivity index (χ0) is 17.1. The van der Waals surface area contributed by atoms with Crippen LogP contribution in [0.15, 0.2) is 24.3 Å². The second kappa shape index (κ2) is 13.2. The molecule has 5 nitrogen and oxygen atoms in total. The first-order chi connectivity index (χ1) is 11.0. The summed E-state index contributed by atoms with van der Waals surface area (Å²) in [5.74, 6) is 0.728. The molecule has 0 saturated heterocycles. The van der Waals surface area contributed by atoms with E-state index >= 15 is 0 Å². The first kappa shape index (κ1) is 22.9. The van der Waals surface area contributed by atoms with Gasteiger partial charge >= 0.3 is 0 Å². The maximum absolute atomic E-state index is 11.6. The third kappa shape index (κ3) is 11.4. The van der Waals surface area contributed by atoms with Gasteiger partial charge in [-0.05, 0) is 31.5 Å². The van der Waals surface area contributed by atoms with E-state index < -0.39 is 0 Å². The highest BCUT2D eigenvalue weighted by atomic mass is 35.5. The van der Waals surface area contributed by atoms with Crippen molar-refractivity contribution >= 4 is 18.2 Å². The minimum atomic E-state index is 0. The van der Waals surface area contributed by atoms with E-state index in [0.29, 0.717) is 38.2 Å². The van der Waals surface area contributed by atoms with Crippen LogP contribution in [0, 0.1) is 0 Å². The molecule has 0 atom stereocenters. The fourth-order valence-corrected chi connectivity index (χ4v) is 1.75. The molecule has 0 bridgehead atoms. The van der Waals surface area contributed by atoms with Gasteiger partial charge in [0.1, 0.15) is 12.4 Å². The Morgan fingerprint density at radius 3 is 2.33 bits per heavy atom. The Balaban J connectivity index is 0.00000529. The van der Waals surface area contributed by atoms with E-state index in [0.717, 1.165) is 5.56 Å². The molecule has 0 heterocycles. The van der Waals surface area contributed by atoms with Crippen LogP contribution in [0.1, 0.15) is 33.3 Å². The normalized spacial score (nSPS) is 10.8. The number of Topliss-reactive ketones (excluding diaryl/α,β-unsaturated/α-hetero) is 1. The van der Waals surface area contributed by atoms with E-state index in [1.807, 2.05) is 52.0 Å². The van der Waals surface area contributed by atoms with Crippen LogP contribution in [-0.4, -0.2) is 44.3 Å².